The smallest absolute Gasteiger partial charge is 0.267 e. The van der Waals surface area contributed by atoms with E-state index in [-0.39, 0.29) is 17.1 Å². The summed E-state index contributed by atoms with van der Waals surface area (Å²) in [5, 5.41) is 12.7. The lowest BCUT2D eigenvalue weighted by Crippen LogP contribution is -2.27. The maximum atomic E-state index is 12.7. The van der Waals surface area contributed by atoms with E-state index in [9.17, 15) is 14.9 Å². The van der Waals surface area contributed by atoms with Gasteiger partial charge in [0, 0.05) is 22.8 Å². The standard InChI is InChI=1S/C19H14ClN3O2/c1-2-23-16-6-4-3-5-14(16)17(19(23)25)15(11-21)18(24)22-13-9-7-12(20)8-10-13/h3-10H,2H2,1H3,(H,22,24)/b17-15+. The Kier molecular flexibility index (Phi) is 4.55. The van der Waals surface area contributed by atoms with Crippen molar-refractivity contribution in [2.75, 3.05) is 16.8 Å². The molecule has 0 aliphatic carbocycles. The fraction of sp³-hybridized carbons (Fsp3) is 0.105. The Morgan fingerprint density at radius 3 is 2.52 bits per heavy atom. The number of benzene rings is 2. The van der Waals surface area contributed by atoms with Crippen LogP contribution in [0.5, 0.6) is 0 Å². The first-order valence-corrected chi connectivity index (χ1v) is 8.07. The van der Waals surface area contributed by atoms with Crippen LogP contribution in [0.15, 0.2) is 54.1 Å². The highest BCUT2D eigenvalue weighted by atomic mass is 35.5. The van der Waals surface area contributed by atoms with Crippen LogP contribution in [0.25, 0.3) is 5.57 Å². The fourth-order valence-corrected chi connectivity index (χ4v) is 2.91. The molecule has 1 aliphatic rings. The zero-order valence-electron chi connectivity index (χ0n) is 13.4. The first-order valence-electron chi connectivity index (χ1n) is 7.69. The molecule has 1 N–H and O–H groups in total. The molecule has 0 fully saturated rings. The molecule has 0 bridgehead atoms. The molecule has 6 heteroatoms. The Morgan fingerprint density at radius 2 is 1.88 bits per heavy atom. The van der Waals surface area contributed by atoms with Crippen molar-refractivity contribution in [1.82, 2.24) is 0 Å². The van der Waals surface area contributed by atoms with Crippen molar-refractivity contribution in [3.05, 3.63) is 64.7 Å². The van der Waals surface area contributed by atoms with Crippen LogP contribution >= 0.6 is 11.6 Å². The lowest BCUT2D eigenvalue weighted by Gasteiger charge is -2.13. The fourth-order valence-electron chi connectivity index (χ4n) is 2.78. The topological polar surface area (TPSA) is 73.2 Å². The normalized spacial score (nSPS) is 14.8. The number of fused-ring (bicyclic) bond motifs is 1. The predicted octanol–water partition coefficient (Wildman–Crippen LogP) is 3.62. The van der Waals surface area contributed by atoms with Gasteiger partial charge in [-0.05, 0) is 37.3 Å². The molecular formula is C19H14ClN3O2. The summed E-state index contributed by atoms with van der Waals surface area (Å²) in [6.07, 6.45) is 0. The average molecular weight is 352 g/mol. The van der Waals surface area contributed by atoms with Gasteiger partial charge in [0.25, 0.3) is 11.8 Å². The third kappa shape index (κ3) is 3.00. The van der Waals surface area contributed by atoms with E-state index in [0.717, 1.165) is 0 Å². The molecule has 5 nitrogen and oxygen atoms in total. The summed E-state index contributed by atoms with van der Waals surface area (Å²) < 4.78 is 0. The number of carbonyl (C=O) groups excluding carboxylic acids is 2. The minimum atomic E-state index is -0.624. The molecule has 3 rings (SSSR count). The zero-order chi connectivity index (χ0) is 18.0. The van der Waals surface area contributed by atoms with Gasteiger partial charge in [0.15, 0.2) is 0 Å². The predicted molar refractivity (Wildman–Crippen MR) is 97.1 cm³/mol. The molecule has 2 aromatic rings. The van der Waals surface area contributed by atoms with Crippen LogP contribution in [0.1, 0.15) is 12.5 Å². The third-order valence-electron chi connectivity index (χ3n) is 3.93. The third-order valence-corrected chi connectivity index (χ3v) is 4.18. The van der Waals surface area contributed by atoms with Crippen LogP contribution in [0.4, 0.5) is 11.4 Å². The summed E-state index contributed by atoms with van der Waals surface area (Å²) >= 11 is 5.82. The Bertz CT molecular complexity index is 926. The molecule has 0 saturated carbocycles. The van der Waals surface area contributed by atoms with Gasteiger partial charge >= 0.3 is 0 Å². The van der Waals surface area contributed by atoms with Gasteiger partial charge in [-0.25, -0.2) is 0 Å². The van der Waals surface area contributed by atoms with Crippen LogP contribution in [-0.4, -0.2) is 18.4 Å². The second-order valence-corrected chi connectivity index (χ2v) is 5.83. The van der Waals surface area contributed by atoms with Gasteiger partial charge in [0.05, 0.1) is 11.3 Å². The van der Waals surface area contributed by atoms with Crippen molar-refractivity contribution >= 4 is 40.4 Å². The second kappa shape index (κ2) is 6.80. The summed E-state index contributed by atoms with van der Waals surface area (Å²) in [7, 11) is 0. The number of halogens is 1. The van der Waals surface area contributed by atoms with Gasteiger partial charge in [0.1, 0.15) is 11.6 Å². The Labute approximate surface area is 150 Å². The van der Waals surface area contributed by atoms with Crippen LogP contribution in [-0.2, 0) is 9.59 Å². The largest absolute Gasteiger partial charge is 0.321 e. The van der Waals surface area contributed by atoms with E-state index in [1.165, 1.54) is 0 Å². The van der Waals surface area contributed by atoms with Crippen LogP contribution in [0, 0.1) is 11.3 Å². The number of likely N-dealkylation sites (N-methyl/N-ethyl adjacent to an activating group) is 1. The molecule has 2 amide bonds. The van der Waals surface area contributed by atoms with Gasteiger partial charge in [-0.3, -0.25) is 9.59 Å². The molecule has 124 valence electrons. The van der Waals surface area contributed by atoms with E-state index >= 15 is 0 Å². The van der Waals surface area contributed by atoms with E-state index in [4.69, 9.17) is 11.6 Å². The first-order chi connectivity index (χ1) is 12.1. The SMILES string of the molecule is CCN1C(=O)/C(=C(\C#N)C(=O)Nc2ccc(Cl)cc2)c2ccccc21. The summed E-state index contributed by atoms with van der Waals surface area (Å²) in [4.78, 5) is 26.8. The van der Waals surface area contributed by atoms with Gasteiger partial charge in [0.2, 0.25) is 0 Å². The molecular weight excluding hydrogens is 338 g/mol. The van der Waals surface area contributed by atoms with E-state index in [1.54, 1.807) is 47.4 Å². The first kappa shape index (κ1) is 16.7. The molecule has 0 radical (unpaired) electrons. The van der Waals surface area contributed by atoms with Gasteiger partial charge in [-0.1, -0.05) is 29.8 Å². The van der Waals surface area contributed by atoms with Crippen molar-refractivity contribution in [3.8, 4) is 6.07 Å². The number of nitriles is 1. The highest BCUT2D eigenvalue weighted by Crippen LogP contribution is 2.38. The molecule has 25 heavy (non-hydrogen) atoms. The van der Waals surface area contributed by atoms with E-state index in [0.29, 0.717) is 28.5 Å². The quantitative estimate of drug-likeness (QED) is 0.678. The number of nitrogens with zero attached hydrogens (tertiary/aromatic N) is 2. The van der Waals surface area contributed by atoms with Crippen molar-refractivity contribution in [1.29, 1.82) is 5.26 Å². The van der Waals surface area contributed by atoms with Crippen molar-refractivity contribution < 1.29 is 9.59 Å². The van der Waals surface area contributed by atoms with Crippen molar-refractivity contribution in [2.45, 2.75) is 6.92 Å². The number of hydrogen-bond donors (Lipinski definition) is 1. The lowest BCUT2D eigenvalue weighted by atomic mass is 10.0. The second-order valence-electron chi connectivity index (χ2n) is 5.39. The van der Waals surface area contributed by atoms with E-state index in [2.05, 4.69) is 5.32 Å². The molecule has 2 aromatic carbocycles. The maximum Gasteiger partial charge on any atom is 0.267 e. The molecule has 0 spiro atoms. The number of carbonyl (C=O) groups is 2. The van der Waals surface area contributed by atoms with Crippen molar-refractivity contribution in [2.24, 2.45) is 0 Å². The molecule has 0 saturated heterocycles. The van der Waals surface area contributed by atoms with E-state index in [1.807, 2.05) is 19.1 Å². The Hall–Kier alpha value is -3.10. The minimum Gasteiger partial charge on any atom is -0.321 e. The van der Waals surface area contributed by atoms with E-state index < -0.39 is 5.91 Å². The molecule has 0 atom stereocenters. The maximum absolute atomic E-state index is 12.7. The van der Waals surface area contributed by atoms with Crippen molar-refractivity contribution in [3.63, 3.8) is 0 Å². The Morgan fingerprint density at radius 1 is 1.20 bits per heavy atom. The number of rotatable bonds is 3. The van der Waals surface area contributed by atoms with Gasteiger partial charge in [-0.15, -0.1) is 0 Å². The number of para-hydroxylation sites is 1. The van der Waals surface area contributed by atoms with Crippen LogP contribution in [0.2, 0.25) is 5.02 Å². The summed E-state index contributed by atoms with van der Waals surface area (Å²) in [6, 6.07) is 15.5. The van der Waals surface area contributed by atoms with Gasteiger partial charge in [-0.2, -0.15) is 5.26 Å². The number of amides is 2. The number of hydrogen-bond acceptors (Lipinski definition) is 3. The minimum absolute atomic E-state index is 0.131. The van der Waals surface area contributed by atoms with Crippen LogP contribution < -0.4 is 10.2 Å². The van der Waals surface area contributed by atoms with Gasteiger partial charge < -0.3 is 10.2 Å². The monoisotopic (exact) mass is 351 g/mol. The number of anilines is 2. The highest BCUT2D eigenvalue weighted by Gasteiger charge is 2.35. The summed E-state index contributed by atoms with van der Waals surface area (Å²) in [5.74, 6) is -0.965. The molecule has 0 unspecified atom stereocenters. The lowest BCUT2D eigenvalue weighted by molar-refractivity contribution is -0.114. The number of nitrogens with one attached hydrogen (secondary N) is 1. The highest BCUT2D eigenvalue weighted by molar-refractivity contribution is 6.37. The summed E-state index contributed by atoms with van der Waals surface area (Å²) in [5.41, 5.74) is 1.72. The summed E-state index contributed by atoms with van der Waals surface area (Å²) in [6.45, 7) is 2.30. The average Bonchev–Trinajstić information content (AvgIpc) is 2.90. The Balaban J connectivity index is 2.04. The molecule has 1 aliphatic heterocycles. The zero-order valence-corrected chi connectivity index (χ0v) is 14.2. The molecule has 0 aromatic heterocycles. The van der Waals surface area contributed by atoms with Crippen LogP contribution in [0.3, 0.4) is 0 Å². The molecule has 1 heterocycles.